The van der Waals surface area contributed by atoms with Gasteiger partial charge in [0, 0.05) is 29.7 Å². The van der Waals surface area contributed by atoms with E-state index in [4.69, 9.17) is 14.6 Å². The summed E-state index contributed by atoms with van der Waals surface area (Å²) in [6.07, 6.45) is -1.82. The molecule has 0 amide bonds. The normalized spacial score (nSPS) is 10.7. The minimum absolute atomic E-state index is 0.262. The molecular weight excluding hydrogens is 473 g/mol. The molecular formula is C24H16F5N3O3. The van der Waals surface area contributed by atoms with E-state index in [1.807, 2.05) is 30.3 Å². The molecule has 4 aromatic rings. The molecule has 2 N–H and O–H groups in total. The van der Waals surface area contributed by atoms with Crippen molar-refractivity contribution in [2.75, 3.05) is 5.32 Å². The van der Waals surface area contributed by atoms with Crippen molar-refractivity contribution in [3.8, 4) is 22.8 Å². The Morgan fingerprint density at radius 3 is 2.06 bits per heavy atom. The Morgan fingerprint density at radius 1 is 0.857 bits per heavy atom. The molecule has 0 saturated carbocycles. The number of nitrogens with one attached hydrogen (secondary N) is 1. The first kappa shape index (κ1) is 25.1. The molecule has 0 bridgehead atoms. The fourth-order valence-corrected chi connectivity index (χ4v) is 2.70. The average Bonchev–Trinajstić information content (AvgIpc) is 2.80. The van der Waals surface area contributed by atoms with Crippen LogP contribution in [0.3, 0.4) is 0 Å². The summed E-state index contributed by atoms with van der Waals surface area (Å²) in [4.78, 5) is 17.3. The zero-order chi connectivity index (χ0) is 25.4. The Kier molecular flexibility index (Phi) is 7.92. The van der Waals surface area contributed by atoms with E-state index in [0.717, 1.165) is 17.6 Å². The second kappa shape index (κ2) is 11.1. The monoisotopic (exact) mass is 489 g/mol. The highest BCUT2D eigenvalue weighted by Crippen LogP contribution is 2.32. The molecule has 2 heterocycles. The Hall–Kier alpha value is -4.54. The standard InChI is InChI=1S/C22H15F2N3O.C2HF3O2/c23-16-12-15(13-17(24)14-16)20-4-3-11-26-22(20)28-19-8-6-18(7-9-19)27-21-5-1-2-10-25-21;3-2(4,5)1(6)7/h1-14H,(H,25,27);(H,6,7). The molecule has 180 valence electrons. The highest BCUT2D eigenvalue weighted by Gasteiger charge is 2.38. The number of nitrogens with zero attached hydrogens (tertiary/aromatic N) is 2. The van der Waals surface area contributed by atoms with Gasteiger partial charge >= 0.3 is 12.1 Å². The van der Waals surface area contributed by atoms with Crippen LogP contribution in [0.2, 0.25) is 0 Å². The Labute approximate surface area is 195 Å². The molecule has 0 aliphatic rings. The topological polar surface area (TPSA) is 84.3 Å². The van der Waals surface area contributed by atoms with Gasteiger partial charge in [-0.1, -0.05) is 6.07 Å². The molecule has 11 heteroatoms. The largest absolute Gasteiger partial charge is 0.490 e. The molecule has 2 aromatic carbocycles. The lowest BCUT2D eigenvalue weighted by molar-refractivity contribution is -0.192. The van der Waals surface area contributed by atoms with Crippen molar-refractivity contribution in [1.82, 2.24) is 9.97 Å². The van der Waals surface area contributed by atoms with Crippen LogP contribution in [0, 0.1) is 11.6 Å². The molecule has 0 aliphatic heterocycles. The van der Waals surface area contributed by atoms with Crippen LogP contribution in [0.1, 0.15) is 0 Å². The number of ether oxygens (including phenoxy) is 1. The van der Waals surface area contributed by atoms with Crippen molar-refractivity contribution in [2.45, 2.75) is 6.18 Å². The van der Waals surface area contributed by atoms with Crippen molar-refractivity contribution < 1.29 is 36.6 Å². The number of aromatic nitrogens is 2. The molecule has 0 fully saturated rings. The van der Waals surface area contributed by atoms with Crippen LogP contribution in [0.5, 0.6) is 11.6 Å². The van der Waals surface area contributed by atoms with E-state index >= 15 is 0 Å². The number of halogens is 5. The zero-order valence-corrected chi connectivity index (χ0v) is 17.6. The molecule has 35 heavy (non-hydrogen) atoms. The zero-order valence-electron chi connectivity index (χ0n) is 17.6. The lowest BCUT2D eigenvalue weighted by Crippen LogP contribution is -2.21. The summed E-state index contributed by atoms with van der Waals surface area (Å²) in [7, 11) is 0. The number of aliphatic carboxylic acids is 1. The summed E-state index contributed by atoms with van der Waals surface area (Å²) in [6, 6.07) is 19.5. The van der Waals surface area contributed by atoms with Crippen LogP contribution in [-0.2, 0) is 4.79 Å². The molecule has 6 nitrogen and oxygen atoms in total. The SMILES string of the molecule is Fc1cc(F)cc(-c2cccnc2Oc2ccc(Nc3ccccn3)cc2)c1.O=C(O)C(F)(F)F. The second-order valence-corrected chi connectivity index (χ2v) is 6.78. The highest BCUT2D eigenvalue weighted by atomic mass is 19.4. The van der Waals surface area contributed by atoms with Crippen molar-refractivity contribution in [3.63, 3.8) is 0 Å². The Bertz CT molecular complexity index is 1260. The summed E-state index contributed by atoms with van der Waals surface area (Å²) in [6.45, 7) is 0. The van der Waals surface area contributed by atoms with Gasteiger partial charge in [-0.2, -0.15) is 13.2 Å². The van der Waals surface area contributed by atoms with Crippen LogP contribution < -0.4 is 10.1 Å². The minimum atomic E-state index is -5.08. The summed E-state index contributed by atoms with van der Waals surface area (Å²) < 4.78 is 64.8. The minimum Gasteiger partial charge on any atom is -0.475 e. The number of hydrogen-bond acceptors (Lipinski definition) is 5. The van der Waals surface area contributed by atoms with Gasteiger partial charge in [0.1, 0.15) is 23.2 Å². The molecule has 4 rings (SSSR count). The molecule has 2 aromatic heterocycles. The van der Waals surface area contributed by atoms with Crippen LogP contribution in [0.4, 0.5) is 33.5 Å². The van der Waals surface area contributed by atoms with Crippen molar-refractivity contribution in [2.24, 2.45) is 0 Å². The van der Waals surface area contributed by atoms with Crippen LogP contribution in [-0.4, -0.2) is 27.2 Å². The van der Waals surface area contributed by atoms with Crippen molar-refractivity contribution >= 4 is 17.5 Å². The van der Waals surface area contributed by atoms with Gasteiger partial charge in [-0.05, 0) is 66.2 Å². The van der Waals surface area contributed by atoms with Gasteiger partial charge in [-0.15, -0.1) is 0 Å². The number of benzene rings is 2. The molecule has 0 atom stereocenters. The van der Waals surface area contributed by atoms with E-state index in [1.165, 1.54) is 12.1 Å². The number of alkyl halides is 3. The predicted octanol–water partition coefficient (Wildman–Crippen LogP) is 6.59. The van der Waals surface area contributed by atoms with Crippen LogP contribution in [0.25, 0.3) is 11.1 Å². The number of rotatable bonds is 5. The smallest absolute Gasteiger partial charge is 0.475 e. The number of carbonyl (C=O) groups is 1. The van der Waals surface area contributed by atoms with E-state index in [2.05, 4.69) is 15.3 Å². The maximum Gasteiger partial charge on any atom is 0.490 e. The molecule has 0 radical (unpaired) electrons. The molecule has 0 saturated heterocycles. The molecule has 0 spiro atoms. The Balaban J connectivity index is 0.000000429. The van der Waals surface area contributed by atoms with Crippen molar-refractivity contribution in [1.29, 1.82) is 0 Å². The third-order valence-corrected chi connectivity index (χ3v) is 4.19. The first-order valence-electron chi connectivity index (χ1n) is 9.79. The fourth-order valence-electron chi connectivity index (χ4n) is 2.70. The maximum absolute atomic E-state index is 13.6. The molecule has 0 unspecified atom stereocenters. The lowest BCUT2D eigenvalue weighted by atomic mass is 10.1. The van der Waals surface area contributed by atoms with E-state index < -0.39 is 23.8 Å². The number of pyridine rings is 2. The first-order chi connectivity index (χ1) is 16.6. The van der Waals surface area contributed by atoms with E-state index in [9.17, 15) is 22.0 Å². The van der Waals surface area contributed by atoms with Gasteiger partial charge in [0.05, 0.1) is 0 Å². The lowest BCUT2D eigenvalue weighted by Gasteiger charge is -2.11. The first-order valence-corrected chi connectivity index (χ1v) is 9.79. The van der Waals surface area contributed by atoms with Crippen LogP contribution in [0.15, 0.2) is 85.2 Å². The van der Waals surface area contributed by atoms with Crippen molar-refractivity contribution in [3.05, 3.63) is 96.8 Å². The second-order valence-electron chi connectivity index (χ2n) is 6.78. The van der Waals surface area contributed by atoms with Gasteiger partial charge in [0.25, 0.3) is 0 Å². The number of carboxylic acids is 1. The van der Waals surface area contributed by atoms with Gasteiger partial charge in [-0.3, -0.25) is 0 Å². The maximum atomic E-state index is 13.6. The van der Waals surface area contributed by atoms with Gasteiger partial charge in [0.2, 0.25) is 5.88 Å². The third-order valence-electron chi connectivity index (χ3n) is 4.19. The van der Waals surface area contributed by atoms with E-state index in [0.29, 0.717) is 16.9 Å². The summed E-state index contributed by atoms with van der Waals surface area (Å²) >= 11 is 0. The van der Waals surface area contributed by atoms with Crippen LogP contribution >= 0.6 is 0 Å². The number of anilines is 2. The number of carboxylic acid groups (broad SMARTS) is 1. The molecule has 0 aliphatic carbocycles. The third kappa shape index (κ3) is 7.49. The summed E-state index contributed by atoms with van der Waals surface area (Å²) in [5, 5.41) is 10.3. The van der Waals surface area contributed by atoms with E-state index in [-0.39, 0.29) is 5.88 Å². The predicted molar refractivity (Wildman–Crippen MR) is 117 cm³/mol. The summed E-state index contributed by atoms with van der Waals surface area (Å²) in [5.74, 6) is -2.53. The highest BCUT2D eigenvalue weighted by molar-refractivity contribution is 5.73. The van der Waals surface area contributed by atoms with Gasteiger partial charge in [-0.25, -0.2) is 23.5 Å². The van der Waals surface area contributed by atoms with Gasteiger partial charge in [0.15, 0.2) is 0 Å². The quantitative estimate of drug-likeness (QED) is 0.308. The van der Waals surface area contributed by atoms with E-state index in [1.54, 1.807) is 36.7 Å². The Morgan fingerprint density at radius 2 is 1.49 bits per heavy atom. The fraction of sp³-hybridized carbons (Fsp3) is 0.0417. The average molecular weight is 489 g/mol. The van der Waals surface area contributed by atoms with Gasteiger partial charge < -0.3 is 15.2 Å². The number of hydrogen-bond donors (Lipinski definition) is 2. The summed E-state index contributed by atoms with van der Waals surface area (Å²) in [5.41, 5.74) is 1.70.